The average molecular weight is 363 g/mol. The Bertz CT molecular complexity index is 645. The molecule has 0 aromatic heterocycles. The van der Waals surface area contributed by atoms with Gasteiger partial charge in [-0.1, -0.05) is 38.5 Å². The second kappa shape index (κ2) is 8.56. The van der Waals surface area contributed by atoms with Crippen molar-refractivity contribution in [2.24, 2.45) is 5.41 Å². The third-order valence-electron chi connectivity index (χ3n) is 3.91. The van der Waals surface area contributed by atoms with Crippen LogP contribution in [0.15, 0.2) is 18.2 Å². The molecule has 0 fully saturated rings. The van der Waals surface area contributed by atoms with Crippen LogP contribution >= 0.6 is 0 Å². The van der Waals surface area contributed by atoms with E-state index < -0.39 is 17.4 Å². The molecule has 0 aliphatic carbocycles. The van der Waals surface area contributed by atoms with Crippen LogP contribution in [0.3, 0.4) is 0 Å². The number of carbonyl (C=O) groups excluding carboxylic acids is 2. The molecule has 1 atom stereocenters. The first-order valence-corrected chi connectivity index (χ1v) is 9.21. The van der Waals surface area contributed by atoms with E-state index in [1.165, 1.54) is 0 Å². The van der Waals surface area contributed by atoms with Crippen LogP contribution in [0, 0.1) is 12.3 Å². The highest BCUT2D eigenvalue weighted by Gasteiger charge is 2.29. The highest BCUT2D eigenvalue weighted by atomic mass is 16.5. The minimum atomic E-state index is -0.636. The zero-order chi connectivity index (χ0) is 20.1. The lowest BCUT2D eigenvalue weighted by atomic mass is 9.82. The molecule has 0 radical (unpaired) electrons. The quantitative estimate of drug-likeness (QED) is 0.754. The number of benzene rings is 1. The number of ether oxygens (including phenoxy) is 1. The Kier molecular flexibility index (Phi) is 7.25. The lowest BCUT2D eigenvalue weighted by molar-refractivity contribution is -0.140. The zero-order valence-electron chi connectivity index (χ0n) is 17.4. The van der Waals surface area contributed by atoms with Gasteiger partial charge in [0.05, 0.1) is 12.6 Å². The summed E-state index contributed by atoms with van der Waals surface area (Å²) in [6.45, 7) is 16.5. The van der Waals surface area contributed by atoms with Gasteiger partial charge in [-0.25, -0.2) is 0 Å². The zero-order valence-corrected chi connectivity index (χ0v) is 17.4. The fraction of sp³-hybridized carbons (Fsp3) is 0.619. The SMILES string of the molecule is CCOc1ccc(C)cc1C(C)NC(=O)C(=O)NC(C)(C)CC(C)(C)C. The number of amides is 2. The molecule has 0 saturated carbocycles. The number of aryl methyl sites for hydroxylation is 1. The van der Waals surface area contributed by atoms with Crippen LogP contribution < -0.4 is 15.4 Å². The predicted molar refractivity (Wildman–Crippen MR) is 105 cm³/mol. The van der Waals surface area contributed by atoms with Crippen LogP contribution in [-0.4, -0.2) is 24.0 Å². The smallest absolute Gasteiger partial charge is 0.309 e. The van der Waals surface area contributed by atoms with Gasteiger partial charge in [-0.2, -0.15) is 0 Å². The molecule has 0 aliphatic heterocycles. The highest BCUT2D eigenvalue weighted by Crippen LogP contribution is 2.28. The van der Waals surface area contributed by atoms with E-state index in [-0.39, 0.29) is 11.5 Å². The van der Waals surface area contributed by atoms with Gasteiger partial charge < -0.3 is 15.4 Å². The summed E-state index contributed by atoms with van der Waals surface area (Å²) in [5.41, 5.74) is 1.52. The molecule has 26 heavy (non-hydrogen) atoms. The minimum Gasteiger partial charge on any atom is -0.494 e. The molecular weight excluding hydrogens is 328 g/mol. The predicted octanol–water partition coefficient (Wildman–Crippen LogP) is 3.90. The Hall–Kier alpha value is -2.04. The van der Waals surface area contributed by atoms with Gasteiger partial charge in [-0.3, -0.25) is 9.59 Å². The van der Waals surface area contributed by atoms with Gasteiger partial charge in [0.25, 0.3) is 0 Å². The Balaban J connectivity index is 2.81. The summed E-state index contributed by atoms with van der Waals surface area (Å²) in [6.07, 6.45) is 0.765. The van der Waals surface area contributed by atoms with Gasteiger partial charge >= 0.3 is 11.8 Å². The Morgan fingerprint density at radius 2 is 1.73 bits per heavy atom. The molecule has 1 rings (SSSR count). The van der Waals surface area contributed by atoms with E-state index in [0.29, 0.717) is 6.61 Å². The van der Waals surface area contributed by atoms with Crippen LogP contribution in [0.1, 0.15) is 72.1 Å². The second-order valence-electron chi connectivity index (χ2n) is 8.74. The van der Waals surface area contributed by atoms with E-state index in [1.54, 1.807) is 0 Å². The van der Waals surface area contributed by atoms with Crippen molar-refractivity contribution in [3.05, 3.63) is 29.3 Å². The molecular formula is C21H34N2O3. The van der Waals surface area contributed by atoms with Crippen molar-refractivity contribution in [1.29, 1.82) is 0 Å². The van der Waals surface area contributed by atoms with Crippen LogP contribution in [0.5, 0.6) is 5.75 Å². The van der Waals surface area contributed by atoms with E-state index in [9.17, 15) is 9.59 Å². The first-order valence-electron chi connectivity index (χ1n) is 9.21. The summed E-state index contributed by atoms with van der Waals surface area (Å²) in [5, 5.41) is 5.61. The summed E-state index contributed by atoms with van der Waals surface area (Å²) in [6, 6.07) is 5.49. The van der Waals surface area contributed by atoms with E-state index in [2.05, 4.69) is 31.4 Å². The number of carbonyl (C=O) groups is 2. The normalized spacial score (nSPS) is 13.1. The van der Waals surface area contributed by atoms with Crippen LogP contribution in [0.2, 0.25) is 0 Å². The van der Waals surface area contributed by atoms with Gasteiger partial charge in [0.15, 0.2) is 0 Å². The first kappa shape index (κ1) is 22.0. The fourth-order valence-corrected chi connectivity index (χ4v) is 3.37. The summed E-state index contributed by atoms with van der Waals surface area (Å²) in [5.74, 6) is -0.528. The molecule has 2 amide bonds. The van der Waals surface area contributed by atoms with Crippen LogP contribution in [0.4, 0.5) is 0 Å². The first-order chi connectivity index (χ1) is 11.8. The molecule has 0 saturated heterocycles. The molecule has 1 unspecified atom stereocenters. The average Bonchev–Trinajstić information content (AvgIpc) is 2.45. The third-order valence-corrected chi connectivity index (χ3v) is 3.91. The van der Waals surface area contributed by atoms with Crippen molar-refractivity contribution < 1.29 is 14.3 Å². The number of hydrogen-bond donors (Lipinski definition) is 2. The van der Waals surface area contributed by atoms with Gasteiger partial charge in [0.2, 0.25) is 0 Å². The molecule has 0 spiro atoms. The molecule has 0 bridgehead atoms. The van der Waals surface area contributed by atoms with E-state index >= 15 is 0 Å². The van der Waals surface area contributed by atoms with Crippen molar-refractivity contribution in [2.45, 2.75) is 73.4 Å². The molecule has 5 heteroatoms. The van der Waals surface area contributed by atoms with Crippen molar-refractivity contribution >= 4 is 11.8 Å². The monoisotopic (exact) mass is 362 g/mol. The topological polar surface area (TPSA) is 67.4 Å². The Labute approximate surface area is 157 Å². The number of hydrogen-bond acceptors (Lipinski definition) is 3. The highest BCUT2D eigenvalue weighted by molar-refractivity contribution is 6.35. The van der Waals surface area contributed by atoms with E-state index in [4.69, 9.17) is 4.74 Å². The molecule has 2 N–H and O–H groups in total. The minimum absolute atomic E-state index is 0.0501. The van der Waals surface area contributed by atoms with E-state index in [0.717, 1.165) is 23.3 Å². The molecule has 1 aromatic carbocycles. The summed E-state index contributed by atoms with van der Waals surface area (Å²) in [7, 11) is 0. The van der Waals surface area contributed by atoms with Gasteiger partial charge in [-0.05, 0) is 52.5 Å². The van der Waals surface area contributed by atoms with E-state index in [1.807, 2.05) is 52.8 Å². The molecule has 1 aromatic rings. The number of rotatable bonds is 6. The summed E-state index contributed by atoms with van der Waals surface area (Å²) < 4.78 is 5.64. The van der Waals surface area contributed by atoms with Gasteiger partial charge in [-0.15, -0.1) is 0 Å². The van der Waals surface area contributed by atoms with Crippen LogP contribution in [0.25, 0.3) is 0 Å². The number of nitrogens with one attached hydrogen (secondary N) is 2. The molecule has 0 aliphatic rings. The van der Waals surface area contributed by atoms with Crippen molar-refractivity contribution in [3.63, 3.8) is 0 Å². The summed E-state index contributed by atoms with van der Waals surface area (Å²) in [4.78, 5) is 24.7. The lowest BCUT2D eigenvalue weighted by Crippen LogP contribution is -2.51. The third kappa shape index (κ3) is 7.06. The maximum Gasteiger partial charge on any atom is 0.309 e. The maximum atomic E-state index is 12.4. The van der Waals surface area contributed by atoms with Gasteiger partial charge in [0.1, 0.15) is 5.75 Å². The largest absolute Gasteiger partial charge is 0.494 e. The molecule has 146 valence electrons. The Morgan fingerprint density at radius 3 is 2.27 bits per heavy atom. The fourth-order valence-electron chi connectivity index (χ4n) is 3.37. The van der Waals surface area contributed by atoms with Crippen LogP contribution in [-0.2, 0) is 9.59 Å². The standard InChI is InChI=1S/C21H34N2O3/c1-9-26-17-11-10-14(2)12-16(17)15(3)22-18(24)19(25)23-21(7,8)13-20(4,5)6/h10-12,15H,9,13H2,1-8H3,(H,22,24)(H,23,25). The van der Waals surface area contributed by atoms with Crippen molar-refractivity contribution in [2.75, 3.05) is 6.61 Å². The molecule has 5 nitrogen and oxygen atoms in total. The second-order valence-corrected chi connectivity index (χ2v) is 8.74. The van der Waals surface area contributed by atoms with Crippen molar-refractivity contribution in [1.82, 2.24) is 10.6 Å². The van der Waals surface area contributed by atoms with Gasteiger partial charge in [0, 0.05) is 11.1 Å². The Morgan fingerprint density at radius 1 is 1.12 bits per heavy atom. The maximum absolute atomic E-state index is 12.4. The molecule has 0 heterocycles. The van der Waals surface area contributed by atoms with Crippen molar-refractivity contribution in [3.8, 4) is 5.75 Å². The lowest BCUT2D eigenvalue weighted by Gasteiger charge is -2.33. The summed E-state index contributed by atoms with van der Waals surface area (Å²) >= 11 is 0.